The molecule has 0 bridgehead atoms. The van der Waals surface area contributed by atoms with Crippen molar-refractivity contribution in [3.63, 3.8) is 0 Å². The molecule has 0 aromatic heterocycles. The summed E-state index contributed by atoms with van der Waals surface area (Å²) < 4.78 is 0. The van der Waals surface area contributed by atoms with E-state index < -0.39 is 0 Å². The van der Waals surface area contributed by atoms with Gasteiger partial charge in [0.1, 0.15) is 0 Å². The summed E-state index contributed by atoms with van der Waals surface area (Å²) in [4.78, 5) is 0. The second-order valence-corrected chi connectivity index (χ2v) is 18.9. The Bertz CT molecular complexity index is 1690. The van der Waals surface area contributed by atoms with E-state index in [-0.39, 0.29) is 59.4 Å². The Kier molecular flexibility index (Phi) is 13.8. The zero-order chi connectivity index (χ0) is 37.7. The van der Waals surface area contributed by atoms with Gasteiger partial charge in [0.05, 0.1) is 0 Å². The van der Waals surface area contributed by atoms with Crippen molar-refractivity contribution < 1.29 is 37.7 Å². The van der Waals surface area contributed by atoms with Crippen LogP contribution >= 0.6 is 0 Å². The first-order chi connectivity index (χ1) is 23.6. The molecule has 5 aromatic rings. The van der Waals surface area contributed by atoms with Gasteiger partial charge in [-0.15, -0.1) is 6.07 Å². The molecular formula is C51H62Li2. The van der Waals surface area contributed by atoms with Crippen molar-refractivity contribution in [2.24, 2.45) is 0 Å². The molecule has 0 spiro atoms. The molecule has 2 heteroatoms. The third-order valence-electron chi connectivity index (χ3n) is 10.6. The Hall–Kier alpha value is -2.97. The summed E-state index contributed by atoms with van der Waals surface area (Å²) in [5, 5.41) is 0. The molecule has 0 nitrogen and oxygen atoms in total. The third kappa shape index (κ3) is 9.83. The maximum Gasteiger partial charge on any atom is 1.00 e. The number of rotatable bonds is 6. The SMILES string of the molecule is Cc1cc(C)c([C-](c2ccc(C(C)(C)C)cc2)c2ccc(C(C)(C)C)cc2)c(C)c1[C-](c1ccc(C(C)(C)C)cc1)c1ccc(C(C)(C)C)cc1.[Li+].[Li+]. The first-order valence-electron chi connectivity index (χ1n) is 18.9. The molecule has 53 heavy (non-hydrogen) atoms. The van der Waals surface area contributed by atoms with Gasteiger partial charge >= 0.3 is 37.7 Å². The monoisotopic (exact) mass is 689 g/mol. The quantitative estimate of drug-likeness (QED) is 0.0969. The molecule has 0 heterocycles. The zero-order valence-electron chi connectivity index (χ0n) is 36.3. The molecule has 0 atom stereocenters. The van der Waals surface area contributed by atoms with Crippen LogP contribution in [0.4, 0.5) is 0 Å². The van der Waals surface area contributed by atoms with Gasteiger partial charge in [-0.1, -0.05) is 285 Å². The van der Waals surface area contributed by atoms with Gasteiger partial charge in [-0.05, 0) is 21.7 Å². The normalized spacial score (nSPS) is 12.1. The van der Waals surface area contributed by atoms with Gasteiger partial charge in [0, 0.05) is 0 Å². The van der Waals surface area contributed by atoms with Crippen LogP contribution in [0.5, 0.6) is 0 Å². The van der Waals surface area contributed by atoms with E-state index in [9.17, 15) is 0 Å². The van der Waals surface area contributed by atoms with Crippen molar-refractivity contribution in [1.29, 1.82) is 0 Å². The Labute approximate surface area is 348 Å². The second-order valence-electron chi connectivity index (χ2n) is 18.9. The van der Waals surface area contributed by atoms with Crippen LogP contribution in [0.3, 0.4) is 0 Å². The summed E-state index contributed by atoms with van der Waals surface area (Å²) in [6, 6.07) is 39.7. The predicted molar refractivity (Wildman–Crippen MR) is 222 cm³/mol. The van der Waals surface area contributed by atoms with Gasteiger partial charge in [0.2, 0.25) is 0 Å². The molecule has 5 aromatic carbocycles. The summed E-state index contributed by atoms with van der Waals surface area (Å²) in [6.45, 7) is 34.4. The topological polar surface area (TPSA) is 0 Å². The zero-order valence-corrected chi connectivity index (χ0v) is 36.3. The standard InChI is InChI=1S/C51H62.2Li/c1-33-32-34(2)45(47(38-20-28-42(29-21-38)50(10,11)12)39-22-30-43(31-23-39)51(13,14)15)35(3)44(33)46(36-16-24-40(25-17-36)48(4,5)6)37-18-26-41(27-19-37)49(7,8)9;;/h16-32H,1-15H3;;/q-2;2*+1. The molecule has 0 aliphatic heterocycles. The van der Waals surface area contributed by atoms with Gasteiger partial charge in [0.25, 0.3) is 0 Å². The minimum atomic E-state index is 0. The molecule has 0 saturated carbocycles. The molecule has 0 unspecified atom stereocenters. The summed E-state index contributed by atoms with van der Waals surface area (Å²) in [5.41, 5.74) is 17.3. The van der Waals surface area contributed by atoms with E-state index in [1.807, 2.05) is 0 Å². The van der Waals surface area contributed by atoms with Gasteiger partial charge < -0.3 is 0 Å². The minimum Gasteiger partial charge on any atom is -0.103 e. The van der Waals surface area contributed by atoms with Crippen LogP contribution in [0.15, 0.2) is 103 Å². The van der Waals surface area contributed by atoms with E-state index in [4.69, 9.17) is 0 Å². The molecule has 0 aliphatic rings. The first-order valence-corrected chi connectivity index (χ1v) is 18.9. The fourth-order valence-electron chi connectivity index (χ4n) is 7.41. The van der Waals surface area contributed by atoms with E-state index in [0.717, 1.165) is 0 Å². The summed E-state index contributed by atoms with van der Waals surface area (Å²) in [7, 11) is 0. The molecule has 0 N–H and O–H groups in total. The Balaban J connectivity index is 0.00000378. The van der Waals surface area contributed by atoms with Crippen molar-refractivity contribution in [3.8, 4) is 0 Å². The van der Waals surface area contributed by atoms with Crippen molar-refractivity contribution in [3.05, 3.63) is 187 Å². The predicted octanol–water partition coefficient (Wildman–Crippen LogP) is 7.85. The number of hydrogen-bond acceptors (Lipinski definition) is 0. The largest absolute Gasteiger partial charge is 1.00 e. The van der Waals surface area contributed by atoms with Crippen molar-refractivity contribution >= 4 is 0 Å². The molecular weight excluding hydrogens is 626 g/mol. The Morgan fingerprint density at radius 1 is 0.321 bits per heavy atom. The van der Waals surface area contributed by atoms with Crippen LogP contribution in [0, 0.1) is 32.6 Å². The summed E-state index contributed by atoms with van der Waals surface area (Å²) in [5.74, 6) is 2.58. The molecule has 0 amide bonds. The first kappa shape index (κ1) is 44.4. The van der Waals surface area contributed by atoms with E-state index in [1.165, 1.54) is 84.2 Å². The maximum absolute atomic E-state index is 2.41. The summed E-state index contributed by atoms with van der Waals surface area (Å²) in [6.07, 6.45) is 0. The average Bonchev–Trinajstić information content (AvgIpc) is 3.03. The Morgan fingerprint density at radius 3 is 0.679 bits per heavy atom. The van der Waals surface area contributed by atoms with Crippen molar-refractivity contribution in [2.75, 3.05) is 0 Å². The van der Waals surface area contributed by atoms with Crippen molar-refractivity contribution in [2.45, 2.75) is 126 Å². The van der Waals surface area contributed by atoms with Crippen LogP contribution in [0.25, 0.3) is 0 Å². The third-order valence-corrected chi connectivity index (χ3v) is 10.6. The molecule has 0 saturated heterocycles. The van der Waals surface area contributed by atoms with Gasteiger partial charge in [-0.3, -0.25) is 0 Å². The number of hydrogen-bond donors (Lipinski definition) is 0. The van der Waals surface area contributed by atoms with E-state index in [1.54, 1.807) is 0 Å². The fourth-order valence-corrected chi connectivity index (χ4v) is 7.41. The van der Waals surface area contributed by atoms with E-state index >= 15 is 0 Å². The van der Waals surface area contributed by atoms with Crippen LogP contribution < -0.4 is 37.7 Å². The van der Waals surface area contributed by atoms with Crippen LogP contribution in [0.1, 0.15) is 155 Å². The molecule has 0 radical (unpaired) electrons. The van der Waals surface area contributed by atoms with Crippen LogP contribution in [-0.4, -0.2) is 0 Å². The van der Waals surface area contributed by atoms with E-state index in [2.05, 4.69) is 207 Å². The fraction of sp³-hybridized carbons (Fsp3) is 0.373. The number of benzene rings is 5. The molecule has 268 valence electrons. The second kappa shape index (κ2) is 16.4. The minimum absolute atomic E-state index is 0. The number of aryl methyl sites for hydroxylation is 2. The van der Waals surface area contributed by atoms with Crippen LogP contribution in [0.2, 0.25) is 0 Å². The molecule has 0 aliphatic carbocycles. The smallest absolute Gasteiger partial charge is 0.103 e. The van der Waals surface area contributed by atoms with Gasteiger partial charge in [-0.25, -0.2) is 0 Å². The van der Waals surface area contributed by atoms with E-state index in [0.29, 0.717) is 0 Å². The average molecular weight is 689 g/mol. The summed E-state index contributed by atoms with van der Waals surface area (Å²) >= 11 is 0. The van der Waals surface area contributed by atoms with Crippen LogP contribution in [-0.2, 0) is 21.7 Å². The molecule has 5 rings (SSSR count). The Morgan fingerprint density at radius 2 is 0.509 bits per heavy atom. The van der Waals surface area contributed by atoms with Gasteiger partial charge in [-0.2, -0.15) is 0 Å². The van der Waals surface area contributed by atoms with Gasteiger partial charge in [0.15, 0.2) is 0 Å². The molecule has 0 fully saturated rings. The van der Waals surface area contributed by atoms with Crippen molar-refractivity contribution in [1.82, 2.24) is 0 Å². The maximum atomic E-state index is 2.41.